The second kappa shape index (κ2) is 9.08. The van der Waals surface area contributed by atoms with Gasteiger partial charge in [-0.3, -0.25) is 14.9 Å². The van der Waals surface area contributed by atoms with E-state index >= 15 is 0 Å². The number of carbonyl (C=O) groups is 1. The molecule has 25 heavy (non-hydrogen) atoms. The molecule has 0 aromatic heterocycles. The molecular formula is C18H21N3O3S. The van der Waals surface area contributed by atoms with Crippen LogP contribution in [-0.4, -0.2) is 28.7 Å². The van der Waals surface area contributed by atoms with Crippen molar-refractivity contribution >= 4 is 29.0 Å². The third kappa shape index (κ3) is 6.11. The highest BCUT2D eigenvalue weighted by molar-refractivity contribution is 8.00. The van der Waals surface area contributed by atoms with Crippen LogP contribution in [0, 0.1) is 10.1 Å². The Morgan fingerprint density at radius 3 is 2.36 bits per heavy atom. The van der Waals surface area contributed by atoms with Crippen LogP contribution in [0.4, 0.5) is 11.4 Å². The van der Waals surface area contributed by atoms with Gasteiger partial charge in [0.15, 0.2) is 0 Å². The minimum atomic E-state index is -0.439. The molecule has 2 aromatic carbocycles. The number of amides is 1. The summed E-state index contributed by atoms with van der Waals surface area (Å²) in [6.07, 6.45) is 0. The van der Waals surface area contributed by atoms with E-state index in [0.717, 1.165) is 10.6 Å². The predicted octanol–water partition coefficient (Wildman–Crippen LogP) is 3.69. The van der Waals surface area contributed by atoms with Gasteiger partial charge in [0.1, 0.15) is 0 Å². The molecular weight excluding hydrogens is 338 g/mol. The number of nitrogens with zero attached hydrogens (tertiary/aromatic N) is 1. The molecule has 0 spiro atoms. The minimum absolute atomic E-state index is 0.0438. The summed E-state index contributed by atoms with van der Waals surface area (Å²) in [6, 6.07) is 16.1. The van der Waals surface area contributed by atoms with Gasteiger partial charge in [-0.05, 0) is 38.1 Å². The SMILES string of the molecule is C[C@H](Sc1ccc([N+](=O)[O-])cc1)C(=O)NC[C@H](C)Nc1ccccc1. The molecule has 0 heterocycles. The molecule has 0 unspecified atom stereocenters. The standard InChI is InChI=1S/C18H21N3O3S/c1-13(20-15-6-4-3-5-7-15)12-19-18(22)14(2)25-17-10-8-16(9-11-17)21(23)24/h3-11,13-14,20H,12H2,1-2H3,(H,19,22)/t13-,14-/m0/s1. The summed E-state index contributed by atoms with van der Waals surface area (Å²) in [5.41, 5.74) is 1.06. The van der Waals surface area contributed by atoms with Gasteiger partial charge >= 0.3 is 0 Å². The fourth-order valence-corrected chi connectivity index (χ4v) is 3.06. The fourth-order valence-electron chi connectivity index (χ4n) is 2.17. The lowest BCUT2D eigenvalue weighted by Crippen LogP contribution is -2.38. The lowest BCUT2D eigenvalue weighted by atomic mass is 10.2. The average Bonchev–Trinajstić information content (AvgIpc) is 2.61. The Balaban J connectivity index is 1.78. The highest BCUT2D eigenvalue weighted by Gasteiger charge is 2.15. The zero-order valence-electron chi connectivity index (χ0n) is 14.1. The topological polar surface area (TPSA) is 84.3 Å². The Labute approximate surface area is 151 Å². The Bertz CT molecular complexity index is 707. The first kappa shape index (κ1) is 18.8. The van der Waals surface area contributed by atoms with E-state index in [1.807, 2.05) is 44.2 Å². The number of hydrogen-bond donors (Lipinski definition) is 2. The molecule has 0 bridgehead atoms. The molecule has 6 nitrogen and oxygen atoms in total. The van der Waals surface area contributed by atoms with Crippen LogP contribution in [0.2, 0.25) is 0 Å². The number of thioether (sulfide) groups is 1. The van der Waals surface area contributed by atoms with E-state index in [9.17, 15) is 14.9 Å². The van der Waals surface area contributed by atoms with Gasteiger partial charge in [0.25, 0.3) is 5.69 Å². The van der Waals surface area contributed by atoms with Crippen molar-refractivity contribution in [1.82, 2.24) is 5.32 Å². The van der Waals surface area contributed by atoms with E-state index < -0.39 is 4.92 Å². The van der Waals surface area contributed by atoms with Gasteiger partial charge in [0, 0.05) is 35.3 Å². The van der Waals surface area contributed by atoms with Gasteiger partial charge < -0.3 is 10.6 Å². The first-order chi connectivity index (χ1) is 12.0. The van der Waals surface area contributed by atoms with Crippen LogP contribution in [0.1, 0.15) is 13.8 Å². The van der Waals surface area contributed by atoms with Crippen molar-refractivity contribution in [2.75, 3.05) is 11.9 Å². The Kier molecular flexibility index (Phi) is 6.82. The van der Waals surface area contributed by atoms with Crippen molar-refractivity contribution in [1.29, 1.82) is 0 Å². The van der Waals surface area contributed by atoms with Crippen LogP contribution >= 0.6 is 11.8 Å². The van der Waals surface area contributed by atoms with Crippen LogP contribution < -0.4 is 10.6 Å². The lowest BCUT2D eigenvalue weighted by Gasteiger charge is -2.18. The van der Waals surface area contributed by atoms with Crippen LogP contribution in [0.3, 0.4) is 0 Å². The van der Waals surface area contributed by atoms with E-state index in [0.29, 0.717) is 6.54 Å². The summed E-state index contributed by atoms with van der Waals surface area (Å²) < 4.78 is 0. The van der Waals surface area contributed by atoms with E-state index in [4.69, 9.17) is 0 Å². The van der Waals surface area contributed by atoms with Gasteiger partial charge in [-0.25, -0.2) is 0 Å². The van der Waals surface area contributed by atoms with Crippen molar-refractivity contribution in [2.24, 2.45) is 0 Å². The van der Waals surface area contributed by atoms with E-state index in [1.165, 1.54) is 23.9 Å². The molecule has 132 valence electrons. The maximum Gasteiger partial charge on any atom is 0.269 e. The third-order valence-corrected chi connectivity index (χ3v) is 4.61. The number of nitro benzene ring substituents is 1. The molecule has 2 rings (SSSR count). The lowest BCUT2D eigenvalue weighted by molar-refractivity contribution is -0.384. The molecule has 2 N–H and O–H groups in total. The van der Waals surface area contributed by atoms with Crippen LogP contribution in [0.25, 0.3) is 0 Å². The first-order valence-corrected chi connectivity index (χ1v) is 8.84. The molecule has 0 aliphatic carbocycles. The second-order valence-electron chi connectivity index (χ2n) is 5.67. The second-order valence-corrected chi connectivity index (χ2v) is 7.08. The first-order valence-electron chi connectivity index (χ1n) is 7.96. The summed E-state index contributed by atoms with van der Waals surface area (Å²) >= 11 is 1.37. The Hall–Kier alpha value is -2.54. The predicted molar refractivity (Wildman–Crippen MR) is 101 cm³/mol. The fraction of sp³-hybridized carbons (Fsp3) is 0.278. The average molecular weight is 359 g/mol. The summed E-state index contributed by atoms with van der Waals surface area (Å²) in [7, 11) is 0. The molecule has 7 heteroatoms. The van der Waals surface area contributed by atoms with Gasteiger partial charge in [-0.15, -0.1) is 11.8 Å². The van der Waals surface area contributed by atoms with Gasteiger partial charge in [-0.1, -0.05) is 18.2 Å². The highest BCUT2D eigenvalue weighted by atomic mass is 32.2. The summed E-state index contributed by atoms with van der Waals surface area (Å²) in [6.45, 7) is 4.33. The number of para-hydroxylation sites is 1. The number of nitro groups is 1. The maximum atomic E-state index is 12.2. The summed E-state index contributed by atoms with van der Waals surface area (Å²) in [5.74, 6) is -0.0648. The number of anilines is 1. The number of hydrogen-bond acceptors (Lipinski definition) is 5. The monoisotopic (exact) mass is 359 g/mol. The van der Waals surface area contributed by atoms with Gasteiger partial charge in [-0.2, -0.15) is 0 Å². The number of carbonyl (C=O) groups excluding carboxylic acids is 1. The molecule has 0 aliphatic heterocycles. The smallest absolute Gasteiger partial charge is 0.269 e. The molecule has 2 atom stereocenters. The van der Waals surface area contributed by atoms with Crippen molar-refractivity contribution in [3.05, 3.63) is 64.7 Å². The van der Waals surface area contributed by atoms with E-state index in [-0.39, 0.29) is 22.9 Å². The number of rotatable bonds is 8. The molecule has 0 saturated heterocycles. The van der Waals surface area contributed by atoms with Crippen molar-refractivity contribution < 1.29 is 9.72 Å². The molecule has 1 amide bonds. The quantitative estimate of drug-likeness (QED) is 0.427. The molecule has 2 aromatic rings. The molecule has 0 saturated carbocycles. The van der Waals surface area contributed by atoms with Gasteiger partial charge in [0.2, 0.25) is 5.91 Å². The van der Waals surface area contributed by atoms with Crippen LogP contribution in [0.5, 0.6) is 0 Å². The third-order valence-electron chi connectivity index (χ3n) is 3.50. The Morgan fingerprint density at radius 1 is 1.12 bits per heavy atom. The number of non-ortho nitro benzene ring substituents is 1. The van der Waals surface area contributed by atoms with Gasteiger partial charge in [0.05, 0.1) is 10.2 Å². The minimum Gasteiger partial charge on any atom is -0.381 e. The zero-order chi connectivity index (χ0) is 18.2. The zero-order valence-corrected chi connectivity index (χ0v) is 15.0. The van der Waals surface area contributed by atoms with Crippen LogP contribution in [-0.2, 0) is 4.79 Å². The number of nitrogens with one attached hydrogen (secondary N) is 2. The van der Waals surface area contributed by atoms with E-state index in [2.05, 4.69) is 10.6 Å². The Morgan fingerprint density at radius 2 is 1.76 bits per heavy atom. The van der Waals surface area contributed by atoms with Crippen LogP contribution in [0.15, 0.2) is 59.5 Å². The van der Waals surface area contributed by atoms with Crippen molar-refractivity contribution in [2.45, 2.75) is 30.0 Å². The largest absolute Gasteiger partial charge is 0.381 e. The summed E-state index contributed by atoms with van der Waals surface area (Å²) in [4.78, 5) is 23.2. The van der Waals surface area contributed by atoms with Crippen molar-refractivity contribution in [3.8, 4) is 0 Å². The highest BCUT2D eigenvalue weighted by Crippen LogP contribution is 2.25. The molecule has 0 radical (unpaired) electrons. The normalized spacial score (nSPS) is 12.9. The maximum absolute atomic E-state index is 12.2. The van der Waals surface area contributed by atoms with Crippen molar-refractivity contribution in [3.63, 3.8) is 0 Å². The van der Waals surface area contributed by atoms with E-state index in [1.54, 1.807) is 12.1 Å². The number of benzene rings is 2. The summed E-state index contributed by atoms with van der Waals surface area (Å²) in [5, 5.41) is 16.6. The molecule has 0 aliphatic rings. The molecule has 0 fully saturated rings.